The summed E-state index contributed by atoms with van der Waals surface area (Å²) in [6, 6.07) is 9.88. The summed E-state index contributed by atoms with van der Waals surface area (Å²) in [4.78, 5) is 13.2. The average molecular weight is 479 g/mol. The van der Waals surface area contributed by atoms with Crippen LogP contribution in [0.15, 0.2) is 41.3 Å². The van der Waals surface area contributed by atoms with Crippen LogP contribution in [-0.4, -0.2) is 44.4 Å². The molecule has 2 aliphatic heterocycles. The molecule has 1 atom stereocenters. The second kappa shape index (κ2) is 9.29. The first-order valence-corrected chi connectivity index (χ1v) is 12.6. The van der Waals surface area contributed by atoms with Gasteiger partial charge in [-0.15, -0.1) is 0 Å². The minimum absolute atomic E-state index is 0.0948. The molecule has 172 valence electrons. The minimum atomic E-state index is -3.61. The molecule has 1 saturated heterocycles. The summed E-state index contributed by atoms with van der Waals surface area (Å²) >= 11 is 5.87. The van der Waals surface area contributed by atoms with Crippen molar-refractivity contribution in [2.24, 2.45) is 5.92 Å². The second-order valence-electron chi connectivity index (χ2n) is 8.14. The molecule has 0 bridgehead atoms. The lowest BCUT2D eigenvalue weighted by Gasteiger charge is -2.30. The van der Waals surface area contributed by atoms with Crippen LogP contribution in [0.2, 0.25) is 5.02 Å². The Morgan fingerprint density at radius 3 is 2.56 bits per heavy atom. The number of ether oxygens (including phenoxy) is 2. The number of fused-ring (bicyclic) bond motifs is 1. The van der Waals surface area contributed by atoms with Gasteiger partial charge < -0.3 is 14.8 Å². The van der Waals surface area contributed by atoms with E-state index in [4.69, 9.17) is 21.1 Å². The number of halogens is 1. The Hall–Kier alpha value is -2.29. The zero-order valence-corrected chi connectivity index (χ0v) is 19.7. The van der Waals surface area contributed by atoms with E-state index in [0.29, 0.717) is 35.9 Å². The van der Waals surface area contributed by atoms with Crippen molar-refractivity contribution in [2.75, 3.05) is 25.0 Å². The Kier molecular flexibility index (Phi) is 6.65. The van der Waals surface area contributed by atoms with Gasteiger partial charge in [-0.1, -0.05) is 11.6 Å². The molecule has 2 aliphatic rings. The quantitative estimate of drug-likeness (QED) is 0.675. The van der Waals surface area contributed by atoms with Crippen molar-refractivity contribution in [3.8, 4) is 11.5 Å². The molecule has 1 N–H and O–H groups in total. The molecular formula is C23H27ClN2O5S. The third kappa shape index (κ3) is 4.72. The van der Waals surface area contributed by atoms with Gasteiger partial charge in [-0.05, 0) is 57.0 Å². The van der Waals surface area contributed by atoms with Gasteiger partial charge in [0.2, 0.25) is 15.9 Å². The van der Waals surface area contributed by atoms with Gasteiger partial charge in [0.1, 0.15) is 17.6 Å². The van der Waals surface area contributed by atoms with Crippen molar-refractivity contribution >= 4 is 33.2 Å². The Bertz CT molecular complexity index is 1100. The third-order valence-corrected chi connectivity index (χ3v) is 8.00. The molecule has 1 unspecified atom stereocenters. The molecule has 2 heterocycles. The number of rotatable bonds is 6. The molecule has 0 aromatic heterocycles. The van der Waals surface area contributed by atoms with E-state index in [1.54, 1.807) is 12.1 Å². The van der Waals surface area contributed by atoms with Gasteiger partial charge in [-0.3, -0.25) is 4.79 Å². The summed E-state index contributed by atoms with van der Waals surface area (Å²) < 4.78 is 38.7. The van der Waals surface area contributed by atoms with Crippen LogP contribution in [0.25, 0.3) is 0 Å². The molecule has 32 heavy (non-hydrogen) atoms. The number of benzene rings is 2. The van der Waals surface area contributed by atoms with Gasteiger partial charge >= 0.3 is 0 Å². The molecule has 2 aromatic carbocycles. The number of hydrogen-bond acceptors (Lipinski definition) is 5. The van der Waals surface area contributed by atoms with Gasteiger partial charge in [-0.25, -0.2) is 8.42 Å². The van der Waals surface area contributed by atoms with Gasteiger partial charge in [0.25, 0.3) is 0 Å². The van der Waals surface area contributed by atoms with Crippen molar-refractivity contribution < 1.29 is 22.7 Å². The number of amides is 1. The van der Waals surface area contributed by atoms with Crippen molar-refractivity contribution in [1.29, 1.82) is 0 Å². The van der Waals surface area contributed by atoms with Crippen LogP contribution in [-0.2, 0) is 21.2 Å². The summed E-state index contributed by atoms with van der Waals surface area (Å²) in [5.74, 6) is 0.968. The summed E-state index contributed by atoms with van der Waals surface area (Å²) in [7, 11) is -3.61. The van der Waals surface area contributed by atoms with Crippen LogP contribution in [0.3, 0.4) is 0 Å². The summed E-state index contributed by atoms with van der Waals surface area (Å²) in [5, 5.41) is 3.46. The van der Waals surface area contributed by atoms with Crippen LogP contribution in [0.1, 0.15) is 32.3 Å². The first kappa shape index (κ1) is 22.9. The molecule has 4 rings (SSSR count). The number of carbonyl (C=O) groups is 1. The first-order chi connectivity index (χ1) is 15.3. The van der Waals surface area contributed by atoms with E-state index in [1.807, 2.05) is 26.0 Å². The lowest BCUT2D eigenvalue weighted by atomic mass is 9.97. The van der Waals surface area contributed by atoms with E-state index in [9.17, 15) is 13.2 Å². The van der Waals surface area contributed by atoms with Gasteiger partial charge in [0, 0.05) is 42.1 Å². The molecule has 0 aliphatic carbocycles. The summed E-state index contributed by atoms with van der Waals surface area (Å²) in [6.45, 7) is 4.96. The number of anilines is 1. The molecule has 2 aromatic rings. The molecule has 0 radical (unpaired) electrons. The summed E-state index contributed by atoms with van der Waals surface area (Å²) in [5.41, 5.74) is 1.65. The number of sulfonamides is 1. The highest BCUT2D eigenvalue weighted by Gasteiger charge is 2.32. The smallest absolute Gasteiger partial charge is 0.243 e. The molecule has 9 heteroatoms. The predicted octanol–water partition coefficient (Wildman–Crippen LogP) is 4.10. The highest BCUT2D eigenvalue weighted by atomic mass is 35.5. The van der Waals surface area contributed by atoms with E-state index < -0.39 is 10.0 Å². The van der Waals surface area contributed by atoms with E-state index in [1.165, 1.54) is 16.4 Å². The number of carbonyl (C=O) groups excluding carboxylic acids is 1. The Morgan fingerprint density at radius 1 is 1.22 bits per heavy atom. The maximum Gasteiger partial charge on any atom is 0.243 e. The fourth-order valence-corrected chi connectivity index (χ4v) is 5.76. The van der Waals surface area contributed by atoms with Gasteiger partial charge in [0.15, 0.2) is 0 Å². The highest BCUT2D eigenvalue weighted by Crippen LogP contribution is 2.38. The second-order valence-corrected chi connectivity index (χ2v) is 10.5. The van der Waals surface area contributed by atoms with E-state index in [0.717, 1.165) is 17.7 Å². The normalized spacial score (nSPS) is 19.3. The summed E-state index contributed by atoms with van der Waals surface area (Å²) in [6.07, 6.45) is 1.80. The van der Waals surface area contributed by atoms with Crippen molar-refractivity contribution in [3.63, 3.8) is 0 Å². The predicted molar refractivity (Wildman–Crippen MR) is 123 cm³/mol. The maximum atomic E-state index is 13.0. The molecule has 1 fully saturated rings. The topological polar surface area (TPSA) is 84.9 Å². The Morgan fingerprint density at radius 2 is 1.91 bits per heavy atom. The van der Waals surface area contributed by atoms with Crippen molar-refractivity contribution in [2.45, 2.75) is 44.1 Å². The largest absolute Gasteiger partial charge is 0.492 e. The van der Waals surface area contributed by atoms with Crippen LogP contribution < -0.4 is 14.8 Å². The lowest BCUT2D eigenvalue weighted by molar-refractivity contribution is -0.120. The number of nitrogens with zero attached hydrogens (tertiary/aromatic N) is 1. The first-order valence-electron chi connectivity index (χ1n) is 10.8. The van der Waals surface area contributed by atoms with Crippen molar-refractivity contribution in [3.05, 3.63) is 47.0 Å². The number of piperidine rings is 1. The molecular weight excluding hydrogens is 452 g/mol. The SMILES string of the molecule is CCOc1cc2c(cc1NC(=O)C1CCN(S(=O)(=O)c3ccc(Cl)cc3)CC1)OC(C)C2. The van der Waals surface area contributed by atoms with Gasteiger partial charge in [-0.2, -0.15) is 4.31 Å². The monoisotopic (exact) mass is 478 g/mol. The van der Waals surface area contributed by atoms with Crippen molar-refractivity contribution in [1.82, 2.24) is 4.31 Å². The van der Waals surface area contributed by atoms with E-state index in [-0.39, 0.29) is 35.9 Å². The molecule has 0 saturated carbocycles. The molecule has 7 nitrogen and oxygen atoms in total. The highest BCUT2D eigenvalue weighted by molar-refractivity contribution is 7.89. The molecule has 0 spiro atoms. The Balaban J connectivity index is 1.42. The molecule has 1 amide bonds. The zero-order chi connectivity index (χ0) is 22.9. The van der Waals surface area contributed by atoms with Crippen LogP contribution in [0.4, 0.5) is 5.69 Å². The zero-order valence-electron chi connectivity index (χ0n) is 18.1. The fraction of sp³-hybridized carbons (Fsp3) is 0.435. The van der Waals surface area contributed by atoms with Crippen LogP contribution in [0, 0.1) is 5.92 Å². The van der Waals surface area contributed by atoms with E-state index >= 15 is 0 Å². The average Bonchev–Trinajstić information content (AvgIpc) is 3.13. The Labute approximate surface area is 193 Å². The lowest BCUT2D eigenvalue weighted by Crippen LogP contribution is -2.41. The number of hydrogen-bond donors (Lipinski definition) is 1. The fourth-order valence-electron chi connectivity index (χ4n) is 4.16. The van der Waals surface area contributed by atoms with Gasteiger partial charge in [0.05, 0.1) is 17.2 Å². The van der Waals surface area contributed by atoms with Crippen LogP contribution in [0.5, 0.6) is 11.5 Å². The maximum absolute atomic E-state index is 13.0. The van der Waals surface area contributed by atoms with E-state index in [2.05, 4.69) is 5.32 Å². The van der Waals surface area contributed by atoms with Crippen LogP contribution >= 0.6 is 11.6 Å². The standard InChI is InChI=1S/C23H27ClN2O5S/c1-3-30-22-13-17-12-15(2)31-21(17)14-20(22)25-23(27)16-8-10-26(11-9-16)32(28,29)19-6-4-18(24)5-7-19/h4-7,13-16H,3,8-12H2,1-2H3,(H,25,27). The number of nitrogens with one attached hydrogen (secondary N) is 1. The third-order valence-electron chi connectivity index (χ3n) is 5.83. The minimum Gasteiger partial charge on any atom is -0.492 e.